The summed E-state index contributed by atoms with van der Waals surface area (Å²) in [6.45, 7) is 2.01. The highest BCUT2D eigenvalue weighted by molar-refractivity contribution is 5.21. The lowest BCUT2D eigenvalue weighted by molar-refractivity contribution is 0.221. The first-order valence-corrected chi connectivity index (χ1v) is 4.97. The molecule has 0 radical (unpaired) electrons. The quantitative estimate of drug-likeness (QED) is 0.755. The first-order valence-electron chi connectivity index (χ1n) is 4.97. The number of anilines is 1. The monoisotopic (exact) mass is 197 g/mol. The highest BCUT2D eigenvalue weighted by Gasteiger charge is 2.27. The second kappa shape index (κ2) is 3.96. The molecule has 1 aliphatic carbocycles. The Morgan fingerprint density at radius 3 is 3.07 bits per heavy atom. The zero-order chi connectivity index (χ0) is 9.97. The number of aromatic nitrogens is 2. The average Bonchev–Trinajstić information content (AvgIpc) is 2.76. The molecular formula is C9H15N3O2. The molecule has 0 saturated heterocycles. The Kier molecular flexibility index (Phi) is 2.67. The lowest BCUT2D eigenvalue weighted by Gasteiger charge is -2.16. The van der Waals surface area contributed by atoms with E-state index in [1.165, 1.54) is 0 Å². The Morgan fingerprint density at radius 2 is 2.43 bits per heavy atom. The van der Waals surface area contributed by atoms with Crippen LogP contribution in [0.2, 0.25) is 0 Å². The SMILES string of the molecule is Cc1noc(NC2CCCC2CO)n1. The summed E-state index contributed by atoms with van der Waals surface area (Å²) in [5, 5.41) is 16.0. The van der Waals surface area contributed by atoms with Crippen LogP contribution in [0, 0.1) is 12.8 Å². The van der Waals surface area contributed by atoms with Crippen LogP contribution < -0.4 is 5.32 Å². The van der Waals surface area contributed by atoms with Gasteiger partial charge < -0.3 is 14.9 Å². The third kappa shape index (κ3) is 1.87. The van der Waals surface area contributed by atoms with Gasteiger partial charge in [-0.2, -0.15) is 4.98 Å². The fourth-order valence-corrected chi connectivity index (χ4v) is 1.96. The van der Waals surface area contributed by atoms with Gasteiger partial charge in [-0.05, 0) is 19.8 Å². The molecule has 5 nitrogen and oxygen atoms in total. The number of aliphatic hydroxyl groups is 1. The maximum Gasteiger partial charge on any atom is 0.321 e. The van der Waals surface area contributed by atoms with Crippen LogP contribution in [0.1, 0.15) is 25.1 Å². The van der Waals surface area contributed by atoms with Crippen LogP contribution in [0.5, 0.6) is 0 Å². The fourth-order valence-electron chi connectivity index (χ4n) is 1.96. The van der Waals surface area contributed by atoms with Crippen molar-refractivity contribution in [3.8, 4) is 0 Å². The van der Waals surface area contributed by atoms with E-state index in [4.69, 9.17) is 9.63 Å². The van der Waals surface area contributed by atoms with E-state index in [1.54, 1.807) is 6.92 Å². The predicted molar refractivity (Wildman–Crippen MR) is 50.9 cm³/mol. The molecule has 0 bridgehead atoms. The van der Waals surface area contributed by atoms with Crippen molar-refractivity contribution in [2.75, 3.05) is 11.9 Å². The molecule has 2 unspecified atom stereocenters. The van der Waals surface area contributed by atoms with Crippen molar-refractivity contribution in [1.82, 2.24) is 10.1 Å². The molecule has 2 rings (SSSR count). The zero-order valence-corrected chi connectivity index (χ0v) is 8.23. The van der Waals surface area contributed by atoms with E-state index in [9.17, 15) is 0 Å². The van der Waals surface area contributed by atoms with Crippen LogP contribution in [0.25, 0.3) is 0 Å². The first-order chi connectivity index (χ1) is 6.79. The molecule has 1 fully saturated rings. The molecule has 0 aliphatic heterocycles. The summed E-state index contributed by atoms with van der Waals surface area (Å²) in [7, 11) is 0. The summed E-state index contributed by atoms with van der Waals surface area (Å²) < 4.78 is 4.97. The lowest BCUT2D eigenvalue weighted by atomic mass is 10.1. The van der Waals surface area contributed by atoms with Gasteiger partial charge >= 0.3 is 6.01 Å². The van der Waals surface area contributed by atoms with Gasteiger partial charge in [0.1, 0.15) is 0 Å². The number of nitrogens with one attached hydrogen (secondary N) is 1. The summed E-state index contributed by atoms with van der Waals surface area (Å²) >= 11 is 0. The van der Waals surface area contributed by atoms with E-state index in [2.05, 4.69) is 15.5 Å². The lowest BCUT2D eigenvalue weighted by Crippen LogP contribution is -2.26. The number of nitrogens with zero attached hydrogens (tertiary/aromatic N) is 2. The van der Waals surface area contributed by atoms with Crippen molar-refractivity contribution < 1.29 is 9.63 Å². The summed E-state index contributed by atoms with van der Waals surface area (Å²) in [5.41, 5.74) is 0. The molecule has 78 valence electrons. The van der Waals surface area contributed by atoms with Crippen molar-refractivity contribution in [3.63, 3.8) is 0 Å². The second-order valence-electron chi connectivity index (χ2n) is 3.77. The average molecular weight is 197 g/mol. The zero-order valence-electron chi connectivity index (χ0n) is 8.23. The number of rotatable bonds is 3. The molecule has 1 aromatic heterocycles. The molecule has 1 heterocycles. The Hall–Kier alpha value is -1.10. The van der Waals surface area contributed by atoms with Crippen LogP contribution >= 0.6 is 0 Å². The second-order valence-corrected chi connectivity index (χ2v) is 3.77. The van der Waals surface area contributed by atoms with Gasteiger partial charge in [-0.3, -0.25) is 0 Å². The van der Waals surface area contributed by atoms with Gasteiger partial charge in [-0.25, -0.2) is 0 Å². The van der Waals surface area contributed by atoms with Gasteiger partial charge in [0.15, 0.2) is 5.82 Å². The highest BCUT2D eigenvalue weighted by atomic mass is 16.5. The summed E-state index contributed by atoms with van der Waals surface area (Å²) in [4.78, 5) is 4.07. The van der Waals surface area contributed by atoms with Crippen LogP contribution in [0.3, 0.4) is 0 Å². The number of hydrogen-bond donors (Lipinski definition) is 2. The molecule has 0 spiro atoms. The van der Waals surface area contributed by atoms with E-state index in [0.717, 1.165) is 19.3 Å². The minimum absolute atomic E-state index is 0.227. The molecule has 1 saturated carbocycles. The molecule has 2 N–H and O–H groups in total. The topological polar surface area (TPSA) is 71.2 Å². The molecule has 0 aromatic carbocycles. The molecule has 5 heteroatoms. The van der Waals surface area contributed by atoms with Crippen LogP contribution in [0.4, 0.5) is 6.01 Å². The van der Waals surface area contributed by atoms with E-state index in [0.29, 0.717) is 17.8 Å². The Labute approximate surface area is 82.5 Å². The van der Waals surface area contributed by atoms with E-state index < -0.39 is 0 Å². The van der Waals surface area contributed by atoms with Crippen LogP contribution in [-0.4, -0.2) is 27.9 Å². The number of aliphatic hydroxyl groups excluding tert-OH is 1. The first kappa shape index (κ1) is 9.45. The molecule has 0 amide bonds. The highest BCUT2D eigenvalue weighted by Crippen LogP contribution is 2.27. The minimum Gasteiger partial charge on any atom is -0.396 e. The van der Waals surface area contributed by atoms with Crippen LogP contribution in [0.15, 0.2) is 4.52 Å². The Balaban J connectivity index is 1.96. The van der Waals surface area contributed by atoms with Crippen molar-refractivity contribution in [2.45, 2.75) is 32.2 Å². The molecular weight excluding hydrogens is 182 g/mol. The van der Waals surface area contributed by atoms with Gasteiger partial charge in [-0.15, -0.1) is 0 Å². The normalized spacial score (nSPS) is 26.7. The maximum atomic E-state index is 9.11. The molecule has 1 aliphatic rings. The minimum atomic E-state index is 0.227. The van der Waals surface area contributed by atoms with Crippen LogP contribution in [-0.2, 0) is 0 Å². The van der Waals surface area contributed by atoms with Gasteiger partial charge in [0, 0.05) is 18.6 Å². The number of aryl methyl sites for hydroxylation is 1. The smallest absolute Gasteiger partial charge is 0.321 e. The Bertz CT molecular complexity index is 300. The molecule has 14 heavy (non-hydrogen) atoms. The third-order valence-electron chi connectivity index (χ3n) is 2.73. The van der Waals surface area contributed by atoms with Crippen molar-refractivity contribution in [3.05, 3.63) is 5.82 Å². The number of hydrogen-bond acceptors (Lipinski definition) is 5. The van der Waals surface area contributed by atoms with Crippen molar-refractivity contribution in [2.24, 2.45) is 5.92 Å². The van der Waals surface area contributed by atoms with E-state index >= 15 is 0 Å². The summed E-state index contributed by atoms with van der Waals surface area (Å²) in [6.07, 6.45) is 3.28. The van der Waals surface area contributed by atoms with E-state index in [-0.39, 0.29) is 12.6 Å². The van der Waals surface area contributed by atoms with Gasteiger partial charge in [-0.1, -0.05) is 11.6 Å². The van der Waals surface area contributed by atoms with Crippen molar-refractivity contribution >= 4 is 6.01 Å². The van der Waals surface area contributed by atoms with Gasteiger partial charge in [0.05, 0.1) is 0 Å². The molecule has 2 atom stereocenters. The fraction of sp³-hybridized carbons (Fsp3) is 0.778. The van der Waals surface area contributed by atoms with Crippen molar-refractivity contribution in [1.29, 1.82) is 0 Å². The third-order valence-corrected chi connectivity index (χ3v) is 2.73. The standard InChI is InChI=1S/C9H15N3O2/c1-6-10-9(14-12-6)11-8-4-2-3-7(8)5-13/h7-8,13H,2-5H2,1H3,(H,10,11,12). The Morgan fingerprint density at radius 1 is 1.57 bits per heavy atom. The molecule has 1 aromatic rings. The van der Waals surface area contributed by atoms with Gasteiger partial charge in [0.2, 0.25) is 0 Å². The van der Waals surface area contributed by atoms with Gasteiger partial charge in [0.25, 0.3) is 0 Å². The predicted octanol–water partition coefficient (Wildman–Crippen LogP) is 0.951. The maximum absolute atomic E-state index is 9.11. The summed E-state index contributed by atoms with van der Waals surface area (Å²) in [5.74, 6) is 0.952. The summed E-state index contributed by atoms with van der Waals surface area (Å²) in [6, 6.07) is 0.743. The van der Waals surface area contributed by atoms with E-state index in [1.807, 2.05) is 0 Å². The largest absolute Gasteiger partial charge is 0.396 e.